The van der Waals surface area contributed by atoms with Gasteiger partial charge in [0.2, 0.25) is 11.7 Å². The number of rotatable bonds is 5. The predicted octanol–water partition coefficient (Wildman–Crippen LogP) is 4.68. The largest absolute Gasteiger partial charge is 0.497 e. The molecule has 0 radical (unpaired) electrons. The molecule has 2 amide bonds. The molecule has 0 spiro atoms. The van der Waals surface area contributed by atoms with Crippen LogP contribution in [0.1, 0.15) is 37.3 Å². The van der Waals surface area contributed by atoms with Crippen molar-refractivity contribution in [1.29, 1.82) is 0 Å². The summed E-state index contributed by atoms with van der Waals surface area (Å²) < 4.78 is 10.8. The first-order valence-electron chi connectivity index (χ1n) is 9.82. The molecular weight excluding hydrogens is 368 g/mol. The van der Waals surface area contributed by atoms with E-state index in [0.717, 1.165) is 36.3 Å². The summed E-state index contributed by atoms with van der Waals surface area (Å²) >= 11 is 0. The minimum atomic E-state index is -0.225. The number of methoxy groups -OCH3 is 1. The van der Waals surface area contributed by atoms with Gasteiger partial charge < -0.3 is 19.5 Å². The van der Waals surface area contributed by atoms with Crippen LogP contribution in [0.25, 0.3) is 11.4 Å². The molecule has 1 aromatic heterocycles. The Hall–Kier alpha value is -3.35. The van der Waals surface area contributed by atoms with Gasteiger partial charge >= 0.3 is 6.03 Å². The number of aryl methyl sites for hydroxylation is 1. The van der Waals surface area contributed by atoms with E-state index in [1.54, 1.807) is 12.0 Å². The van der Waals surface area contributed by atoms with Gasteiger partial charge in [-0.05, 0) is 49.1 Å². The first-order valence-corrected chi connectivity index (χ1v) is 9.82. The number of hydrogen-bond donors (Lipinski definition) is 1. The molecule has 7 heteroatoms. The number of benzene rings is 2. The van der Waals surface area contributed by atoms with E-state index in [0.29, 0.717) is 18.3 Å². The molecule has 2 heterocycles. The lowest BCUT2D eigenvalue weighted by Gasteiger charge is -2.22. The van der Waals surface area contributed by atoms with Crippen LogP contribution < -0.4 is 10.1 Å². The van der Waals surface area contributed by atoms with Crippen LogP contribution in [0.2, 0.25) is 0 Å². The molecule has 7 nitrogen and oxygen atoms in total. The molecule has 1 N–H and O–H groups in total. The summed E-state index contributed by atoms with van der Waals surface area (Å²) in [5, 5.41) is 7.07. The summed E-state index contributed by atoms with van der Waals surface area (Å²) in [6, 6.07) is 15.0. The van der Waals surface area contributed by atoms with Gasteiger partial charge in [0.15, 0.2) is 0 Å². The number of nitrogens with zero attached hydrogens (tertiary/aromatic N) is 3. The van der Waals surface area contributed by atoms with Crippen molar-refractivity contribution in [3.63, 3.8) is 0 Å². The van der Waals surface area contributed by atoms with Crippen molar-refractivity contribution in [2.45, 2.75) is 32.2 Å². The summed E-state index contributed by atoms with van der Waals surface area (Å²) in [7, 11) is 1.62. The highest BCUT2D eigenvalue weighted by Gasteiger charge is 2.34. The molecule has 1 aliphatic heterocycles. The maximum absolute atomic E-state index is 12.8. The summed E-state index contributed by atoms with van der Waals surface area (Å²) in [5.74, 6) is 1.67. The van der Waals surface area contributed by atoms with E-state index >= 15 is 0 Å². The number of likely N-dealkylation sites (tertiary alicyclic amines) is 1. The third-order valence-corrected chi connectivity index (χ3v) is 5.18. The number of ether oxygens (including phenoxy) is 1. The molecular formula is C22H24N4O3. The summed E-state index contributed by atoms with van der Waals surface area (Å²) in [6.45, 7) is 2.76. The van der Waals surface area contributed by atoms with E-state index in [1.807, 2.05) is 48.5 Å². The van der Waals surface area contributed by atoms with Gasteiger partial charge in [-0.1, -0.05) is 36.3 Å². The van der Waals surface area contributed by atoms with Gasteiger partial charge in [0.25, 0.3) is 0 Å². The van der Waals surface area contributed by atoms with Crippen molar-refractivity contribution >= 4 is 11.7 Å². The molecule has 2 aromatic carbocycles. The van der Waals surface area contributed by atoms with Gasteiger partial charge in [0.05, 0.1) is 7.11 Å². The SMILES string of the molecule is CCc1ccc(NC(=O)N2CCCC2c2nc(-c3cccc(OC)c3)no2)cc1. The Bertz CT molecular complexity index is 984. The molecule has 29 heavy (non-hydrogen) atoms. The molecule has 4 rings (SSSR count). The maximum atomic E-state index is 12.8. The lowest BCUT2D eigenvalue weighted by Crippen LogP contribution is -2.34. The molecule has 150 valence electrons. The first-order chi connectivity index (χ1) is 14.2. The molecule has 1 aliphatic rings. The van der Waals surface area contributed by atoms with Gasteiger partial charge in [-0.15, -0.1) is 0 Å². The highest BCUT2D eigenvalue weighted by molar-refractivity contribution is 5.89. The van der Waals surface area contributed by atoms with Crippen molar-refractivity contribution < 1.29 is 14.1 Å². The van der Waals surface area contributed by atoms with Crippen molar-refractivity contribution in [2.75, 3.05) is 19.0 Å². The van der Waals surface area contributed by atoms with E-state index < -0.39 is 0 Å². The third-order valence-electron chi connectivity index (χ3n) is 5.18. The summed E-state index contributed by atoms with van der Waals surface area (Å²) in [5.41, 5.74) is 2.82. The van der Waals surface area contributed by atoms with E-state index in [-0.39, 0.29) is 12.1 Å². The highest BCUT2D eigenvalue weighted by Crippen LogP contribution is 2.33. The van der Waals surface area contributed by atoms with Gasteiger partial charge in [-0.2, -0.15) is 4.98 Å². The normalized spacial score (nSPS) is 16.1. The Labute approximate surface area is 169 Å². The van der Waals surface area contributed by atoms with Crippen LogP contribution in [0.3, 0.4) is 0 Å². The number of anilines is 1. The van der Waals surface area contributed by atoms with Crippen molar-refractivity contribution in [3.05, 3.63) is 60.0 Å². The van der Waals surface area contributed by atoms with Crippen molar-refractivity contribution in [2.24, 2.45) is 0 Å². The molecule has 1 saturated heterocycles. The van der Waals surface area contributed by atoms with Crippen LogP contribution in [-0.2, 0) is 6.42 Å². The predicted molar refractivity (Wildman–Crippen MR) is 110 cm³/mol. The Balaban J connectivity index is 1.49. The fourth-order valence-electron chi connectivity index (χ4n) is 3.54. The minimum absolute atomic E-state index is 0.155. The van der Waals surface area contributed by atoms with E-state index in [1.165, 1.54) is 5.56 Å². The van der Waals surface area contributed by atoms with Crippen LogP contribution in [0.4, 0.5) is 10.5 Å². The molecule has 1 fully saturated rings. The second kappa shape index (κ2) is 8.34. The zero-order valence-corrected chi connectivity index (χ0v) is 16.6. The number of nitrogens with one attached hydrogen (secondary N) is 1. The Morgan fingerprint density at radius 2 is 2.10 bits per heavy atom. The zero-order valence-electron chi connectivity index (χ0n) is 16.6. The van der Waals surface area contributed by atoms with Gasteiger partial charge in [-0.25, -0.2) is 4.79 Å². The topological polar surface area (TPSA) is 80.5 Å². The second-order valence-corrected chi connectivity index (χ2v) is 7.02. The highest BCUT2D eigenvalue weighted by atomic mass is 16.5. The van der Waals surface area contributed by atoms with E-state index in [4.69, 9.17) is 9.26 Å². The Morgan fingerprint density at radius 1 is 1.28 bits per heavy atom. The van der Waals surface area contributed by atoms with E-state index in [2.05, 4.69) is 22.4 Å². The van der Waals surface area contributed by atoms with Crippen LogP contribution in [0, 0.1) is 0 Å². The van der Waals surface area contributed by atoms with Crippen molar-refractivity contribution in [3.8, 4) is 17.1 Å². The standard InChI is InChI=1S/C22H24N4O3/c1-3-15-9-11-17(12-10-15)23-22(27)26-13-5-8-19(26)21-24-20(25-29-21)16-6-4-7-18(14-16)28-2/h4,6-7,9-12,14,19H,3,5,8,13H2,1-2H3,(H,23,27). The summed E-state index contributed by atoms with van der Waals surface area (Å²) in [4.78, 5) is 19.1. The molecule has 3 aromatic rings. The fourth-order valence-corrected chi connectivity index (χ4v) is 3.54. The Morgan fingerprint density at radius 3 is 2.86 bits per heavy atom. The number of carbonyl (C=O) groups is 1. The summed E-state index contributed by atoms with van der Waals surface area (Å²) in [6.07, 6.45) is 2.65. The Kier molecular flexibility index (Phi) is 5.46. The van der Waals surface area contributed by atoms with E-state index in [9.17, 15) is 4.79 Å². The van der Waals surface area contributed by atoms with Crippen LogP contribution in [0.5, 0.6) is 5.75 Å². The smallest absolute Gasteiger partial charge is 0.322 e. The van der Waals surface area contributed by atoms with Crippen LogP contribution >= 0.6 is 0 Å². The van der Waals surface area contributed by atoms with Gasteiger partial charge in [0, 0.05) is 17.8 Å². The fraction of sp³-hybridized carbons (Fsp3) is 0.318. The number of hydrogen-bond acceptors (Lipinski definition) is 5. The molecule has 1 atom stereocenters. The second-order valence-electron chi connectivity index (χ2n) is 7.02. The number of aromatic nitrogens is 2. The lowest BCUT2D eigenvalue weighted by molar-refractivity contribution is 0.193. The average molecular weight is 392 g/mol. The number of carbonyl (C=O) groups excluding carboxylic acids is 1. The number of amides is 2. The minimum Gasteiger partial charge on any atom is -0.497 e. The quantitative estimate of drug-likeness (QED) is 0.682. The van der Waals surface area contributed by atoms with Crippen molar-refractivity contribution in [1.82, 2.24) is 15.0 Å². The van der Waals surface area contributed by atoms with Gasteiger partial charge in [0.1, 0.15) is 11.8 Å². The molecule has 0 aliphatic carbocycles. The number of urea groups is 1. The zero-order chi connectivity index (χ0) is 20.2. The third kappa shape index (κ3) is 4.08. The molecule has 0 bridgehead atoms. The monoisotopic (exact) mass is 392 g/mol. The van der Waals surface area contributed by atoms with Crippen LogP contribution in [-0.4, -0.2) is 34.7 Å². The van der Waals surface area contributed by atoms with Gasteiger partial charge in [-0.3, -0.25) is 0 Å². The first kappa shape index (κ1) is 19.0. The molecule has 0 saturated carbocycles. The average Bonchev–Trinajstić information content (AvgIpc) is 3.44. The maximum Gasteiger partial charge on any atom is 0.322 e. The van der Waals surface area contributed by atoms with Crippen LogP contribution in [0.15, 0.2) is 53.1 Å². The molecule has 1 unspecified atom stereocenters. The lowest BCUT2D eigenvalue weighted by atomic mass is 10.1.